The van der Waals surface area contributed by atoms with Crippen molar-refractivity contribution < 1.29 is 36.3 Å². The van der Waals surface area contributed by atoms with Crippen LogP contribution in [0.1, 0.15) is 43.1 Å². The van der Waals surface area contributed by atoms with Gasteiger partial charge in [0, 0.05) is 16.5 Å². The first-order valence-electron chi connectivity index (χ1n) is 11.7. The molecule has 3 amide bonds. The van der Waals surface area contributed by atoms with E-state index in [9.17, 15) is 31.6 Å². The number of ether oxygens (including phenoxy) is 1. The first-order valence-corrected chi connectivity index (χ1v) is 14.1. The topological polar surface area (TPSA) is 122 Å². The molecule has 0 radical (unpaired) electrons. The van der Waals surface area contributed by atoms with Crippen LogP contribution >= 0.6 is 15.9 Å². The lowest BCUT2D eigenvalue weighted by molar-refractivity contribution is -0.120. The smallest absolute Gasteiger partial charge is 0.408 e. The second-order valence-corrected chi connectivity index (χ2v) is 13.1. The lowest BCUT2D eigenvalue weighted by Gasteiger charge is -2.27. The van der Waals surface area contributed by atoms with E-state index in [2.05, 4.69) is 26.6 Å². The molecular weight excluding hydrogens is 588 g/mol. The van der Waals surface area contributed by atoms with Crippen LogP contribution < -0.4 is 15.5 Å². The molecule has 2 aromatic carbocycles. The second kappa shape index (κ2) is 9.92. The molecule has 2 aromatic rings. The third kappa shape index (κ3) is 6.32. The summed E-state index contributed by atoms with van der Waals surface area (Å²) in [5.74, 6) is -5.30. The molecule has 2 N–H and O–H groups in total. The van der Waals surface area contributed by atoms with E-state index in [4.69, 9.17) is 4.74 Å². The van der Waals surface area contributed by atoms with Crippen molar-refractivity contribution in [2.45, 2.75) is 62.2 Å². The highest BCUT2D eigenvalue weighted by Crippen LogP contribution is 2.42. The molecule has 13 heteroatoms. The molecule has 0 spiro atoms. The molecule has 2 aliphatic rings. The van der Waals surface area contributed by atoms with E-state index in [1.54, 1.807) is 45.0 Å². The maximum absolute atomic E-state index is 13.7. The number of alkyl halides is 2. The number of benzene rings is 2. The SMILES string of the molecule is CC(C)(C)OC(=O)N[C@H]1CS(=O)(=O)c2ccc(C(=O)NC3CC3(F)F)cc2N(Cc2ccc(Br)cc2)C1=O. The van der Waals surface area contributed by atoms with Crippen LogP contribution in [0.4, 0.5) is 19.3 Å². The highest BCUT2D eigenvalue weighted by Gasteiger charge is 2.58. The average Bonchev–Trinajstić information content (AvgIpc) is 3.42. The van der Waals surface area contributed by atoms with Crippen molar-refractivity contribution in [3.05, 3.63) is 58.1 Å². The zero-order valence-corrected chi connectivity index (χ0v) is 23.2. The third-order valence-corrected chi connectivity index (χ3v) is 8.19. The van der Waals surface area contributed by atoms with Crippen LogP contribution in [0.3, 0.4) is 0 Å². The van der Waals surface area contributed by atoms with Gasteiger partial charge in [-0.3, -0.25) is 9.59 Å². The monoisotopic (exact) mass is 613 g/mol. The minimum atomic E-state index is -4.15. The molecule has 0 aromatic heterocycles. The van der Waals surface area contributed by atoms with Gasteiger partial charge in [-0.25, -0.2) is 22.0 Å². The summed E-state index contributed by atoms with van der Waals surface area (Å²) in [5.41, 5.74) is -0.442. The van der Waals surface area contributed by atoms with Crippen molar-refractivity contribution in [2.75, 3.05) is 10.7 Å². The predicted molar refractivity (Wildman–Crippen MR) is 138 cm³/mol. The number of halogens is 3. The lowest BCUT2D eigenvalue weighted by Crippen LogP contribution is -2.51. The summed E-state index contributed by atoms with van der Waals surface area (Å²) < 4.78 is 59.4. The Balaban J connectivity index is 1.74. The molecule has 1 aliphatic carbocycles. The van der Waals surface area contributed by atoms with Crippen LogP contribution in [0.5, 0.6) is 0 Å². The Bertz CT molecular complexity index is 1390. The van der Waals surface area contributed by atoms with Crippen molar-refractivity contribution in [1.82, 2.24) is 10.6 Å². The summed E-state index contributed by atoms with van der Waals surface area (Å²) in [4.78, 5) is 39.8. The Morgan fingerprint density at radius 2 is 1.76 bits per heavy atom. The van der Waals surface area contributed by atoms with Gasteiger partial charge in [-0.1, -0.05) is 28.1 Å². The van der Waals surface area contributed by atoms with Gasteiger partial charge in [0.2, 0.25) is 0 Å². The van der Waals surface area contributed by atoms with Crippen LogP contribution in [0.25, 0.3) is 0 Å². The largest absolute Gasteiger partial charge is 0.444 e. The molecule has 1 unspecified atom stereocenters. The number of rotatable bonds is 5. The number of fused-ring (bicyclic) bond motifs is 1. The fourth-order valence-corrected chi connectivity index (χ4v) is 5.79. The van der Waals surface area contributed by atoms with E-state index < -0.39 is 63.5 Å². The van der Waals surface area contributed by atoms with Crippen LogP contribution in [0.2, 0.25) is 0 Å². The number of amides is 3. The van der Waals surface area contributed by atoms with Gasteiger partial charge >= 0.3 is 6.09 Å². The summed E-state index contributed by atoms with van der Waals surface area (Å²) in [5, 5.41) is 4.58. The van der Waals surface area contributed by atoms with Gasteiger partial charge in [0.25, 0.3) is 17.7 Å². The summed E-state index contributed by atoms with van der Waals surface area (Å²) in [6.45, 7) is 4.78. The Labute approximate surface area is 227 Å². The van der Waals surface area contributed by atoms with Gasteiger partial charge in [0.1, 0.15) is 11.6 Å². The molecular formula is C25H26BrF2N3O6S. The standard InChI is InChI=1S/C25H26BrF2N3O6S/c1-24(2,3)37-23(34)29-17-13-38(35,36)19-9-6-15(21(32)30-20-11-25(20,27)28)10-18(19)31(22(17)33)12-14-4-7-16(26)8-5-14/h4-10,17,20H,11-13H2,1-3H3,(H,29,34)(H,30,32)/t17-,20?/m0/s1. The van der Waals surface area contributed by atoms with Crippen molar-refractivity contribution in [3.8, 4) is 0 Å². The van der Waals surface area contributed by atoms with Gasteiger partial charge in [-0.2, -0.15) is 0 Å². The van der Waals surface area contributed by atoms with E-state index >= 15 is 0 Å². The molecule has 38 heavy (non-hydrogen) atoms. The zero-order chi connectivity index (χ0) is 28.0. The number of carbonyl (C=O) groups excluding carboxylic acids is 3. The Kier molecular flexibility index (Phi) is 7.30. The number of hydrogen-bond acceptors (Lipinski definition) is 6. The number of alkyl carbamates (subject to hydrolysis) is 1. The van der Waals surface area contributed by atoms with Crippen LogP contribution in [-0.4, -0.2) is 55.7 Å². The van der Waals surface area contributed by atoms with Gasteiger partial charge < -0.3 is 20.3 Å². The molecule has 1 saturated carbocycles. The van der Waals surface area contributed by atoms with E-state index in [1.807, 2.05) is 0 Å². The molecule has 1 aliphatic heterocycles. The fourth-order valence-electron chi connectivity index (χ4n) is 3.92. The molecule has 9 nitrogen and oxygen atoms in total. The first-order chi connectivity index (χ1) is 17.6. The second-order valence-electron chi connectivity index (χ2n) is 10.2. The summed E-state index contributed by atoms with van der Waals surface area (Å²) in [7, 11) is -4.15. The summed E-state index contributed by atoms with van der Waals surface area (Å²) >= 11 is 3.34. The number of carbonyl (C=O) groups is 3. The highest BCUT2D eigenvalue weighted by molar-refractivity contribution is 9.10. The zero-order valence-electron chi connectivity index (χ0n) is 20.8. The van der Waals surface area contributed by atoms with Crippen LogP contribution in [0, 0.1) is 0 Å². The van der Waals surface area contributed by atoms with E-state index in [-0.39, 0.29) is 22.7 Å². The van der Waals surface area contributed by atoms with Crippen molar-refractivity contribution in [2.24, 2.45) is 0 Å². The number of nitrogens with zero attached hydrogens (tertiary/aromatic N) is 1. The number of hydrogen-bond donors (Lipinski definition) is 2. The molecule has 204 valence electrons. The normalized spacial score (nSPS) is 21.6. The molecule has 2 atom stereocenters. The molecule has 0 saturated heterocycles. The Morgan fingerprint density at radius 3 is 2.34 bits per heavy atom. The molecule has 4 rings (SSSR count). The molecule has 0 bridgehead atoms. The minimum Gasteiger partial charge on any atom is -0.444 e. The van der Waals surface area contributed by atoms with Crippen LogP contribution in [-0.2, 0) is 25.9 Å². The Morgan fingerprint density at radius 1 is 1.13 bits per heavy atom. The molecule has 1 fully saturated rings. The van der Waals surface area contributed by atoms with Gasteiger partial charge in [0.15, 0.2) is 9.84 Å². The van der Waals surface area contributed by atoms with E-state index in [1.165, 1.54) is 18.2 Å². The van der Waals surface area contributed by atoms with Crippen molar-refractivity contribution in [1.29, 1.82) is 0 Å². The quantitative estimate of drug-likeness (QED) is 0.529. The first kappa shape index (κ1) is 28.0. The fraction of sp³-hybridized carbons (Fsp3) is 0.400. The summed E-state index contributed by atoms with van der Waals surface area (Å²) in [6.07, 6.45) is -1.45. The van der Waals surface area contributed by atoms with Gasteiger partial charge in [-0.05, 0) is 56.7 Å². The van der Waals surface area contributed by atoms with Crippen molar-refractivity contribution >= 4 is 49.4 Å². The number of nitrogens with one attached hydrogen (secondary N) is 2. The highest BCUT2D eigenvalue weighted by atomic mass is 79.9. The minimum absolute atomic E-state index is 0.0891. The maximum atomic E-state index is 13.7. The van der Waals surface area contributed by atoms with Gasteiger partial charge in [-0.15, -0.1) is 0 Å². The number of anilines is 1. The third-order valence-electron chi connectivity index (χ3n) is 5.87. The maximum Gasteiger partial charge on any atom is 0.408 e. The average molecular weight is 614 g/mol. The van der Waals surface area contributed by atoms with E-state index in [0.717, 1.165) is 9.37 Å². The molecule has 1 heterocycles. The Hall–Kier alpha value is -3.06. The number of sulfone groups is 1. The van der Waals surface area contributed by atoms with Gasteiger partial charge in [0.05, 0.1) is 28.9 Å². The lowest BCUT2D eigenvalue weighted by atomic mass is 10.1. The predicted octanol–water partition coefficient (Wildman–Crippen LogP) is 3.80. The van der Waals surface area contributed by atoms with Crippen LogP contribution in [0.15, 0.2) is 51.8 Å². The van der Waals surface area contributed by atoms with Crippen molar-refractivity contribution in [3.63, 3.8) is 0 Å². The van der Waals surface area contributed by atoms with E-state index in [0.29, 0.717) is 5.56 Å². The summed E-state index contributed by atoms with van der Waals surface area (Å²) in [6, 6.07) is 7.70.